The fourth-order valence-electron chi connectivity index (χ4n) is 2.23. The topological polar surface area (TPSA) is 63.2 Å². The first-order valence-electron chi connectivity index (χ1n) is 6.34. The van der Waals surface area contributed by atoms with Crippen molar-refractivity contribution in [3.05, 3.63) is 27.7 Å². The molecule has 0 spiro atoms. The lowest BCUT2D eigenvalue weighted by molar-refractivity contribution is 0.0890. The first-order valence-corrected chi connectivity index (χ1v) is 9.41. The molecule has 1 amide bonds. The number of benzene rings is 1. The van der Waals surface area contributed by atoms with Crippen LogP contribution >= 0.6 is 33.9 Å². The van der Waals surface area contributed by atoms with Gasteiger partial charge in [0.1, 0.15) is 4.90 Å². The lowest BCUT2D eigenvalue weighted by atomic mass is 9.70. The molecule has 0 heterocycles. The fraction of sp³-hybridized carbons (Fsp3) is 0.462. The van der Waals surface area contributed by atoms with Gasteiger partial charge in [0.25, 0.3) is 15.0 Å². The number of rotatable bonds is 4. The van der Waals surface area contributed by atoms with Crippen molar-refractivity contribution < 1.29 is 13.2 Å². The number of amides is 1. The Hall–Kier alpha value is -0.490. The SMILES string of the molecule is CC1(CNC(=O)c2cc(Cl)c(Cl)c(S(=O)(=O)Cl)c2)CCC1. The largest absolute Gasteiger partial charge is 0.351 e. The third-order valence-corrected chi connectivity index (χ3v) is 6.02. The number of carbonyl (C=O) groups is 1. The molecule has 1 fully saturated rings. The van der Waals surface area contributed by atoms with E-state index >= 15 is 0 Å². The Labute approximate surface area is 138 Å². The van der Waals surface area contributed by atoms with Crippen molar-refractivity contribution >= 4 is 48.8 Å². The molecule has 1 aliphatic carbocycles. The second-order valence-electron chi connectivity index (χ2n) is 5.55. The minimum absolute atomic E-state index is 0.0293. The van der Waals surface area contributed by atoms with E-state index in [0.717, 1.165) is 25.3 Å². The van der Waals surface area contributed by atoms with E-state index in [9.17, 15) is 13.2 Å². The summed E-state index contributed by atoms with van der Waals surface area (Å²) in [6, 6.07) is 2.46. The molecule has 0 saturated heterocycles. The van der Waals surface area contributed by atoms with Crippen molar-refractivity contribution in [1.82, 2.24) is 5.32 Å². The van der Waals surface area contributed by atoms with Crippen LogP contribution < -0.4 is 5.32 Å². The monoisotopic (exact) mass is 369 g/mol. The fourth-order valence-corrected chi connectivity index (χ4v) is 3.99. The van der Waals surface area contributed by atoms with Gasteiger partial charge in [-0.25, -0.2) is 8.42 Å². The van der Waals surface area contributed by atoms with Gasteiger partial charge >= 0.3 is 0 Å². The van der Waals surface area contributed by atoms with Crippen LogP contribution in [-0.4, -0.2) is 20.9 Å². The molecule has 0 radical (unpaired) electrons. The first kappa shape index (κ1) is 16.9. The number of hydrogen-bond donors (Lipinski definition) is 1. The quantitative estimate of drug-likeness (QED) is 0.819. The molecule has 1 saturated carbocycles. The normalized spacial score (nSPS) is 17.1. The molecular weight excluding hydrogens is 357 g/mol. The van der Waals surface area contributed by atoms with Gasteiger partial charge in [0.2, 0.25) is 0 Å². The summed E-state index contributed by atoms with van der Waals surface area (Å²) < 4.78 is 22.9. The van der Waals surface area contributed by atoms with E-state index < -0.39 is 15.0 Å². The van der Waals surface area contributed by atoms with E-state index in [4.69, 9.17) is 33.9 Å². The maximum absolute atomic E-state index is 12.1. The van der Waals surface area contributed by atoms with E-state index in [2.05, 4.69) is 12.2 Å². The standard InChI is InChI=1S/C13H14Cl3NO3S/c1-13(3-2-4-13)7-17-12(18)8-5-9(14)11(15)10(6-8)21(16,19)20/h5-6H,2-4,7H2,1H3,(H,17,18). The predicted octanol–water partition coefficient (Wildman–Crippen LogP) is 3.84. The van der Waals surface area contributed by atoms with Gasteiger partial charge in [-0.1, -0.05) is 36.5 Å². The Morgan fingerprint density at radius 1 is 1.33 bits per heavy atom. The maximum atomic E-state index is 12.1. The molecule has 0 aliphatic heterocycles. The Morgan fingerprint density at radius 2 is 1.95 bits per heavy atom. The summed E-state index contributed by atoms with van der Waals surface area (Å²) in [5.41, 5.74) is 0.235. The van der Waals surface area contributed by atoms with Crippen LogP contribution in [0.15, 0.2) is 17.0 Å². The Bertz CT molecular complexity index is 684. The lowest BCUT2D eigenvalue weighted by Gasteiger charge is -2.38. The van der Waals surface area contributed by atoms with Crippen LogP contribution in [0.4, 0.5) is 0 Å². The van der Waals surface area contributed by atoms with Crippen molar-refractivity contribution in [1.29, 1.82) is 0 Å². The summed E-state index contributed by atoms with van der Waals surface area (Å²) in [7, 11) is 1.22. The summed E-state index contributed by atoms with van der Waals surface area (Å²) in [6.07, 6.45) is 3.29. The minimum Gasteiger partial charge on any atom is -0.351 e. The van der Waals surface area contributed by atoms with Gasteiger partial charge in [-0.05, 0) is 30.4 Å². The zero-order chi connectivity index (χ0) is 15.8. The maximum Gasteiger partial charge on any atom is 0.262 e. The number of nitrogens with one attached hydrogen (secondary N) is 1. The van der Waals surface area contributed by atoms with Crippen molar-refractivity contribution in [3.63, 3.8) is 0 Å². The molecule has 21 heavy (non-hydrogen) atoms. The summed E-state index contributed by atoms with van der Waals surface area (Å²) in [4.78, 5) is 11.8. The number of hydrogen-bond acceptors (Lipinski definition) is 3. The van der Waals surface area contributed by atoms with E-state index in [0.29, 0.717) is 6.54 Å². The number of carbonyl (C=O) groups excluding carboxylic acids is 1. The average molecular weight is 371 g/mol. The van der Waals surface area contributed by atoms with Crippen LogP contribution in [0.25, 0.3) is 0 Å². The second kappa shape index (κ2) is 5.95. The van der Waals surface area contributed by atoms with Crippen molar-refractivity contribution in [2.24, 2.45) is 5.41 Å². The molecule has 2 rings (SSSR count). The smallest absolute Gasteiger partial charge is 0.262 e. The highest BCUT2D eigenvalue weighted by Crippen LogP contribution is 2.39. The summed E-state index contributed by atoms with van der Waals surface area (Å²) >= 11 is 11.7. The molecular formula is C13H14Cl3NO3S. The zero-order valence-corrected chi connectivity index (χ0v) is 14.3. The molecule has 1 aromatic rings. The third-order valence-electron chi connectivity index (χ3n) is 3.76. The van der Waals surface area contributed by atoms with Crippen molar-refractivity contribution in [3.8, 4) is 0 Å². The third kappa shape index (κ3) is 3.83. The molecule has 4 nitrogen and oxygen atoms in total. The highest BCUT2D eigenvalue weighted by Gasteiger charge is 2.32. The van der Waals surface area contributed by atoms with Crippen LogP contribution in [0.2, 0.25) is 10.0 Å². The van der Waals surface area contributed by atoms with Gasteiger partial charge in [-0.2, -0.15) is 0 Å². The molecule has 8 heteroatoms. The van der Waals surface area contributed by atoms with Crippen molar-refractivity contribution in [2.75, 3.05) is 6.54 Å². The van der Waals surface area contributed by atoms with Gasteiger partial charge in [-0.15, -0.1) is 0 Å². The van der Waals surface area contributed by atoms with Crippen LogP contribution in [0.3, 0.4) is 0 Å². The molecule has 0 bridgehead atoms. The van der Waals surface area contributed by atoms with Crippen LogP contribution in [-0.2, 0) is 9.05 Å². The van der Waals surface area contributed by atoms with Crippen LogP contribution in [0.5, 0.6) is 0 Å². The van der Waals surface area contributed by atoms with E-state index in [1.807, 2.05) is 0 Å². The Kier molecular flexibility index (Phi) is 4.78. The summed E-state index contributed by atoms with van der Waals surface area (Å²) in [6.45, 7) is 2.63. The average Bonchev–Trinajstić information content (AvgIpc) is 2.35. The van der Waals surface area contributed by atoms with Crippen LogP contribution in [0, 0.1) is 5.41 Å². The Balaban J connectivity index is 2.23. The summed E-state index contributed by atoms with van der Waals surface area (Å²) in [5.74, 6) is -0.400. The lowest BCUT2D eigenvalue weighted by Crippen LogP contribution is -2.39. The minimum atomic E-state index is -4.07. The van der Waals surface area contributed by atoms with Gasteiger partial charge < -0.3 is 5.32 Å². The summed E-state index contributed by atoms with van der Waals surface area (Å²) in [5, 5.41) is 2.57. The molecule has 0 aromatic heterocycles. The van der Waals surface area contributed by atoms with E-state index in [1.54, 1.807) is 0 Å². The second-order valence-corrected chi connectivity index (χ2v) is 8.87. The number of halogens is 3. The first-order chi connectivity index (χ1) is 9.62. The van der Waals surface area contributed by atoms with Crippen molar-refractivity contribution in [2.45, 2.75) is 31.1 Å². The van der Waals surface area contributed by atoms with Gasteiger partial charge in [0.05, 0.1) is 10.0 Å². The highest BCUT2D eigenvalue weighted by molar-refractivity contribution is 8.13. The van der Waals surface area contributed by atoms with Gasteiger partial charge in [0, 0.05) is 22.8 Å². The molecule has 1 aliphatic rings. The Morgan fingerprint density at radius 3 is 2.43 bits per heavy atom. The van der Waals surface area contributed by atoms with E-state index in [-0.39, 0.29) is 25.9 Å². The van der Waals surface area contributed by atoms with Gasteiger partial charge in [0.15, 0.2) is 0 Å². The molecule has 0 atom stereocenters. The molecule has 116 valence electrons. The predicted molar refractivity (Wildman–Crippen MR) is 83.8 cm³/mol. The molecule has 1 aromatic carbocycles. The van der Waals surface area contributed by atoms with Gasteiger partial charge in [-0.3, -0.25) is 4.79 Å². The van der Waals surface area contributed by atoms with E-state index in [1.165, 1.54) is 6.07 Å². The molecule has 0 unspecified atom stereocenters. The zero-order valence-electron chi connectivity index (χ0n) is 11.3. The molecule has 1 N–H and O–H groups in total. The van der Waals surface area contributed by atoms with Crippen LogP contribution in [0.1, 0.15) is 36.5 Å². The highest BCUT2D eigenvalue weighted by atomic mass is 35.7.